The highest BCUT2D eigenvalue weighted by Crippen LogP contribution is 2.32. The monoisotopic (exact) mass is 456 g/mol. The maximum absolute atomic E-state index is 12.8. The van der Waals surface area contributed by atoms with Crippen molar-refractivity contribution in [3.8, 4) is 0 Å². The number of methoxy groups -OCH3 is 1. The van der Waals surface area contributed by atoms with E-state index in [1.54, 1.807) is 55.6 Å². The van der Waals surface area contributed by atoms with Crippen LogP contribution in [0.15, 0.2) is 60.7 Å². The summed E-state index contributed by atoms with van der Waals surface area (Å²) in [4.78, 5) is 25.5. The van der Waals surface area contributed by atoms with Crippen molar-refractivity contribution >= 4 is 11.9 Å². The molecule has 6 atom stereocenters. The number of hydrogen-bond donors (Lipinski definition) is 1. The van der Waals surface area contributed by atoms with Crippen molar-refractivity contribution in [3.63, 3.8) is 0 Å². The van der Waals surface area contributed by atoms with Gasteiger partial charge in [0.2, 0.25) is 0 Å². The second kappa shape index (κ2) is 11.9. The highest BCUT2D eigenvalue weighted by molar-refractivity contribution is 5.90. The molecule has 7 nitrogen and oxygen atoms in total. The Morgan fingerprint density at radius 2 is 1.52 bits per heavy atom. The summed E-state index contributed by atoms with van der Waals surface area (Å²) in [5, 5.41) is 10.1. The summed E-state index contributed by atoms with van der Waals surface area (Å²) in [5.74, 6) is -1.14. The van der Waals surface area contributed by atoms with Crippen LogP contribution in [-0.4, -0.2) is 61.3 Å². The molecule has 0 amide bonds. The first kappa shape index (κ1) is 24.9. The van der Waals surface area contributed by atoms with Gasteiger partial charge in [-0.25, -0.2) is 9.59 Å². The van der Waals surface area contributed by atoms with Gasteiger partial charge in [-0.3, -0.25) is 0 Å². The second-order valence-corrected chi connectivity index (χ2v) is 8.44. The van der Waals surface area contributed by atoms with Crippen molar-refractivity contribution in [3.05, 3.63) is 71.8 Å². The van der Waals surface area contributed by atoms with E-state index in [1.165, 1.54) is 0 Å². The first-order valence-corrected chi connectivity index (χ1v) is 11.2. The summed E-state index contributed by atoms with van der Waals surface area (Å²) in [6.45, 7) is 3.49. The maximum Gasteiger partial charge on any atom is 0.338 e. The highest BCUT2D eigenvalue weighted by Gasteiger charge is 2.42. The van der Waals surface area contributed by atoms with Gasteiger partial charge in [0, 0.05) is 13.5 Å². The molecule has 33 heavy (non-hydrogen) atoms. The van der Waals surface area contributed by atoms with Gasteiger partial charge in [-0.05, 0) is 43.5 Å². The minimum atomic E-state index is -0.755. The van der Waals surface area contributed by atoms with E-state index in [-0.39, 0.29) is 18.6 Å². The molecule has 3 unspecified atom stereocenters. The van der Waals surface area contributed by atoms with Gasteiger partial charge in [-0.2, -0.15) is 0 Å². The Morgan fingerprint density at radius 3 is 2.03 bits per heavy atom. The molecule has 178 valence electrons. The smallest absolute Gasteiger partial charge is 0.338 e. The molecular weight excluding hydrogens is 424 g/mol. The van der Waals surface area contributed by atoms with Gasteiger partial charge in [0.15, 0.2) is 0 Å². The van der Waals surface area contributed by atoms with E-state index in [9.17, 15) is 14.7 Å². The molecule has 2 aromatic rings. The summed E-state index contributed by atoms with van der Waals surface area (Å²) in [6.07, 6.45) is -1.95. The number of aliphatic hydroxyl groups is 1. The molecule has 3 rings (SSSR count). The van der Waals surface area contributed by atoms with E-state index in [0.717, 1.165) is 0 Å². The van der Waals surface area contributed by atoms with Crippen molar-refractivity contribution in [1.82, 2.24) is 0 Å². The van der Waals surface area contributed by atoms with E-state index in [4.69, 9.17) is 18.9 Å². The van der Waals surface area contributed by atoms with Crippen molar-refractivity contribution in [2.24, 2.45) is 5.92 Å². The summed E-state index contributed by atoms with van der Waals surface area (Å²) in [6, 6.07) is 17.4. The molecule has 1 aliphatic heterocycles. The Bertz CT molecular complexity index is 886. The van der Waals surface area contributed by atoms with Crippen LogP contribution in [-0.2, 0) is 18.9 Å². The average molecular weight is 457 g/mol. The van der Waals surface area contributed by atoms with Crippen LogP contribution in [0.3, 0.4) is 0 Å². The number of aliphatic hydroxyl groups excluding tert-OH is 1. The summed E-state index contributed by atoms with van der Waals surface area (Å²) >= 11 is 0. The molecule has 1 saturated heterocycles. The molecule has 0 saturated carbocycles. The molecule has 0 bridgehead atoms. The second-order valence-electron chi connectivity index (χ2n) is 8.44. The molecular formula is C26H32O7. The van der Waals surface area contributed by atoms with Gasteiger partial charge in [0.25, 0.3) is 0 Å². The Balaban J connectivity index is 1.82. The molecule has 1 heterocycles. The third-order valence-electron chi connectivity index (χ3n) is 5.96. The minimum Gasteiger partial charge on any atom is -0.456 e. The molecule has 1 fully saturated rings. The zero-order valence-corrected chi connectivity index (χ0v) is 19.3. The fourth-order valence-electron chi connectivity index (χ4n) is 4.04. The molecule has 1 aliphatic rings. The van der Waals surface area contributed by atoms with Crippen molar-refractivity contribution in [1.29, 1.82) is 0 Å². The Kier molecular flexibility index (Phi) is 9.00. The van der Waals surface area contributed by atoms with Crippen LogP contribution in [0.4, 0.5) is 0 Å². The number of benzene rings is 2. The number of carbonyl (C=O) groups is 2. The lowest BCUT2D eigenvalue weighted by atomic mass is 9.92. The first-order chi connectivity index (χ1) is 15.9. The Labute approximate surface area is 194 Å². The van der Waals surface area contributed by atoms with Crippen LogP contribution in [0.2, 0.25) is 0 Å². The largest absolute Gasteiger partial charge is 0.456 e. The lowest BCUT2D eigenvalue weighted by molar-refractivity contribution is -0.129. The molecule has 2 aromatic carbocycles. The molecule has 1 N–H and O–H groups in total. The lowest BCUT2D eigenvalue weighted by Crippen LogP contribution is -2.41. The van der Waals surface area contributed by atoms with E-state index in [2.05, 4.69) is 0 Å². The first-order valence-electron chi connectivity index (χ1n) is 11.2. The van der Waals surface area contributed by atoms with Gasteiger partial charge in [0.1, 0.15) is 18.3 Å². The van der Waals surface area contributed by atoms with Crippen molar-refractivity contribution in [2.75, 3.05) is 13.7 Å². The van der Waals surface area contributed by atoms with Gasteiger partial charge < -0.3 is 24.1 Å². The summed E-state index contributed by atoms with van der Waals surface area (Å²) in [5.41, 5.74) is 0.862. The van der Waals surface area contributed by atoms with Gasteiger partial charge in [0.05, 0.1) is 29.9 Å². The molecule has 0 aromatic heterocycles. The SMILES string of the molecule is COC(C)CC1O[C@@H](CO)[C@@H](OC(=O)c2ccccc2)CC(C)[C@H]1OC(=O)c1ccccc1. The molecule has 0 spiro atoms. The number of carbonyl (C=O) groups excluding carboxylic acids is 2. The minimum absolute atomic E-state index is 0.164. The van der Waals surface area contributed by atoms with Crippen molar-refractivity contribution < 1.29 is 33.6 Å². The van der Waals surface area contributed by atoms with E-state index >= 15 is 0 Å². The fourth-order valence-corrected chi connectivity index (χ4v) is 4.04. The van der Waals surface area contributed by atoms with Crippen LogP contribution >= 0.6 is 0 Å². The van der Waals surface area contributed by atoms with E-state index < -0.39 is 36.4 Å². The molecule has 0 aliphatic carbocycles. The maximum atomic E-state index is 12.8. The Hall–Kier alpha value is -2.74. The molecule has 0 radical (unpaired) electrons. The fraction of sp³-hybridized carbons (Fsp3) is 0.462. The average Bonchev–Trinajstić information content (AvgIpc) is 2.96. The predicted octanol–water partition coefficient (Wildman–Crippen LogP) is 3.65. The van der Waals surface area contributed by atoms with Gasteiger partial charge in [-0.15, -0.1) is 0 Å². The number of rotatable bonds is 8. The standard InChI is InChI=1S/C26H32O7/c1-17-14-21(32-25(28)19-10-6-4-7-11-19)23(16-27)31-22(15-18(2)30-3)24(17)33-26(29)20-12-8-5-9-13-20/h4-13,17-18,21-24,27H,14-16H2,1-3H3/t17?,18?,21-,22?,23-,24+/m0/s1. The number of esters is 2. The van der Waals surface area contributed by atoms with E-state index in [1.807, 2.05) is 26.0 Å². The van der Waals surface area contributed by atoms with Crippen LogP contribution in [0.1, 0.15) is 47.4 Å². The number of hydrogen-bond acceptors (Lipinski definition) is 7. The zero-order valence-electron chi connectivity index (χ0n) is 19.3. The van der Waals surface area contributed by atoms with Crippen LogP contribution in [0, 0.1) is 5.92 Å². The van der Waals surface area contributed by atoms with E-state index in [0.29, 0.717) is 24.0 Å². The molecule has 7 heteroatoms. The van der Waals surface area contributed by atoms with Crippen LogP contribution in [0.25, 0.3) is 0 Å². The zero-order chi connectivity index (χ0) is 23.8. The van der Waals surface area contributed by atoms with Gasteiger partial charge >= 0.3 is 11.9 Å². The third-order valence-corrected chi connectivity index (χ3v) is 5.96. The predicted molar refractivity (Wildman–Crippen MR) is 122 cm³/mol. The quantitative estimate of drug-likeness (QED) is 0.606. The third kappa shape index (κ3) is 6.63. The van der Waals surface area contributed by atoms with Crippen molar-refractivity contribution in [2.45, 2.75) is 57.2 Å². The van der Waals surface area contributed by atoms with Gasteiger partial charge in [-0.1, -0.05) is 43.3 Å². The van der Waals surface area contributed by atoms with Crippen LogP contribution < -0.4 is 0 Å². The highest BCUT2D eigenvalue weighted by atomic mass is 16.6. The van der Waals surface area contributed by atoms with Crippen LogP contribution in [0.5, 0.6) is 0 Å². The Morgan fingerprint density at radius 1 is 0.970 bits per heavy atom. The number of ether oxygens (including phenoxy) is 4. The normalized spacial score (nSPS) is 26.1. The lowest BCUT2D eigenvalue weighted by Gasteiger charge is -2.31. The summed E-state index contributed by atoms with van der Waals surface area (Å²) in [7, 11) is 1.60. The topological polar surface area (TPSA) is 91.3 Å². The summed E-state index contributed by atoms with van der Waals surface area (Å²) < 4.78 is 23.3.